The smallest absolute Gasteiger partial charge is 0.336 e. The van der Waals surface area contributed by atoms with E-state index in [0.717, 1.165) is 5.56 Å². The van der Waals surface area contributed by atoms with Crippen LogP contribution in [-0.2, 0) is 35.0 Å². The van der Waals surface area contributed by atoms with Crippen molar-refractivity contribution in [1.82, 2.24) is 0 Å². The number of ketones is 2. The minimum Gasteiger partial charge on any atom is -0.504 e. The number of aliphatic hydroxyl groups excluding tert-OH is 2. The van der Waals surface area contributed by atoms with Crippen LogP contribution in [0, 0.1) is 17.8 Å². The number of phenolic OH excluding ortho intramolecular Hbond substituents is 3. The highest BCUT2D eigenvalue weighted by molar-refractivity contribution is 6.00. The fourth-order valence-electron chi connectivity index (χ4n) is 8.34. The van der Waals surface area contributed by atoms with E-state index in [4.69, 9.17) is 24.7 Å². The van der Waals surface area contributed by atoms with Gasteiger partial charge in [-0.1, -0.05) is 54.6 Å². The van der Waals surface area contributed by atoms with Gasteiger partial charge in [-0.2, -0.15) is 0 Å². The number of benzene rings is 3. The summed E-state index contributed by atoms with van der Waals surface area (Å²) in [6.07, 6.45) is 2.47. The number of aryl methyl sites for hydroxylation is 1. The molecule has 0 aromatic heterocycles. The average Bonchev–Trinajstić information content (AvgIpc) is 3.19. The number of hydrogen-bond acceptors (Lipinski definition) is 13. The molecule has 3 fully saturated rings. The zero-order valence-electron chi connectivity index (χ0n) is 31.3. The molecule has 2 saturated heterocycles. The first kappa shape index (κ1) is 41.5. The summed E-state index contributed by atoms with van der Waals surface area (Å²) in [5.41, 5.74) is 3.55. The topological polar surface area (TPSA) is 236 Å². The standard InChI is InChI=1S/C43H49NO13/c44-16-17-54-37-14-10-27(19-35(37)49)8-12-31(46)25-56-43(41(52)53)22-36(50)40-39-32(43)20-30(23-45)42(57-39,38(51)15-11-28-9-13-33(47)34(48)18-28)21-29(24-55-40)7-6-26-4-2-1-3-5-26/h1-5,8-15,18-19,29-30,32,36,39-40,45,47-50H,6-7,16-17,20-25,44H2,(H,52,53)/t29-,30-,32-,36-,39-,40-,42+,43+/m1/s1. The van der Waals surface area contributed by atoms with E-state index in [1.807, 2.05) is 30.3 Å². The second-order valence-corrected chi connectivity index (χ2v) is 15.0. The highest BCUT2D eigenvalue weighted by atomic mass is 16.6. The van der Waals surface area contributed by atoms with Crippen LogP contribution in [0.2, 0.25) is 0 Å². The summed E-state index contributed by atoms with van der Waals surface area (Å²) in [7, 11) is 0. The van der Waals surface area contributed by atoms with Crippen molar-refractivity contribution in [3.05, 3.63) is 95.6 Å². The number of carboxylic acid groups (broad SMARTS) is 1. The molecule has 57 heavy (non-hydrogen) atoms. The van der Waals surface area contributed by atoms with Crippen molar-refractivity contribution < 1.29 is 64.0 Å². The number of aliphatic hydroxyl groups is 2. The molecule has 2 heterocycles. The van der Waals surface area contributed by atoms with Crippen molar-refractivity contribution in [2.45, 2.75) is 61.6 Å². The van der Waals surface area contributed by atoms with Crippen LogP contribution in [0.5, 0.6) is 23.0 Å². The van der Waals surface area contributed by atoms with Gasteiger partial charge in [0.1, 0.15) is 24.9 Å². The Hall–Kier alpha value is -5.09. The molecule has 0 spiro atoms. The van der Waals surface area contributed by atoms with Crippen LogP contribution >= 0.6 is 0 Å². The molecule has 0 amide bonds. The number of nitrogens with two attached hydrogens (primary N) is 1. The van der Waals surface area contributed by atoms with E-state index in [9.17, 15) is 45.0 Å². The van der Waals surface area contributed by atoms with Gasteiger partial charge in [-0.05, 0) is 84.7 Å². The molecule has 1 aliphatic carbocycles. The SMILES string of the molecule is NCCOc1ccc(C=CC(=O)CO[C@@]2(C(=O)O)C[C@@H](O)[C@H]3OC[C@H](CCc4ccccc4)C[C@]4(C(=O)C=Cc5ccc(O)c(O)c5)O[C@@H]3[C@H]2C[C@@H]4CO)cc1O. The van der Waals surface area contributed by atoms with E-state index in [1.165, 1.54) is 54.6 Å². The third kappa shape index (κ3) is 9.06. The molecule has 304 valence electrons. The predicted octanol–water partition coefficient (Wildman–Crippen LogP) is 3.40. The van der Waals surface area contributed by atoms with Gasteiger partial charge in [0.15, 0.2) is 40.2 Å². The number of rotatable bonds is 16. The number of carbonyl (C=O) groups is 3. The van der Waals surface area contributed by atoms with Crippen LogP contribution in [-0.4, -0.2) is 111 Å². The summed E-state index contributed by atoms with van der Waals surface area (Å²) in [6.45, 7) is -0.667. The molecule has 3 aromatic carbocycles. The lowest BCUT2D eigenvalue weighted by atomic mass is 9.60. The van der Waals surface area contributed by atoms with Gasteiger partial charge in [0, 0.05) is 31.4 Å². The monoisotopic (exact) mass is 787 g/mol. The second-order valence-electron chi connectivity index (χ2n) is 15.0. The third-order valence-electron chi connectivity index (χ3n) is 11.3. The zero-order chi connectivity index (χ0) is 40.7. The summed E-state index contributed by atoms with van der Waals surface area (Å²) in [5, 5.41) is 63.5. The number of phenols is 3. The first-order valence-electron chi connectivity index (χ1n) is 19.0. The molecule has 14 heteroatoms. The molecule has 0 radical (unpaired) electrons. The van der Waals surface area contributed by atoms with Crippen molar-refractivity contribution in [1.29, 1.82) is 0 Å². The van der Waals surface area contributed by atoms with Crippen molar-refractivity contribution in [2.75, 3.05) is 33.0 Å². The van der Waals surface area contributed by atoms with Crippen LogP contribution in [0.1, 0.15) is 42.4 Å². The molecular weight excluding hydrogens is 738 g/mol. The summed E-state index contributed by atoms with van der Waals surface area (Å²) < 4.78 is 24.5. The molecule has 2 bridgehead atoms. The largest absolute Gasteiger partial charge is 0.504 e. The Bertz CT molecular complexity index is 1970. The summed E-state index contributed by atoms with van der Waals surface area (Å²) in [5.74, 6) is -5.47. The summed E-state index contributed by atoms with van der Waals surface area (Å²) in [6, 6.07) is 18.4. The van der Waals surface area contributed by atoms with E-state index >= 15 is 0 Å². The van der Waals surface area contributed by atoms with Crippen LogP contribution in [0.25, 0.3) is 12.2 Å². The fourth-order valence-corrected chi connectivity index (χ4v) is 8.34. The highest BCUT2D eigenvalue weighted by Gasteiger charge is 2.66. The quantitative estimate of drug-likeness (QED) is 0.0815. The van der Waals surface area contributed by atoms with E-state index < -0.39 is 78.5 Å². The average molecular weight is 788 g/mol. The van der Waals surface area contributed by atoms with Gasteiger partial charge in [-0.15, -0.1) is 0 Å². The first-order valence-corrected chi connectivity index (χ1v) is 19.0. The van der Waals surface area contributed by atoms with Gasteiger partial charge in [0.05, 0.1) is 18.8 Å². The van der Waals surface area contributed by atoms with Crippen molar-refractivity contribution in [3.63, 3.8) is 0 Å². The number of aromatic hydroxyl groups is 3. The Morgan fingerprint density at radius 3 is 2.30 bits per heavy atom. The van der Waals surface area contributed by atoms with Gasteiger partial charge in [-0.25, -0.2) is 4.79 Å². The van der Waals surface area contributed by atoms with Crippen molar-refractivity contribution >= 4 is 29.7 Å². The van der Waals surface area contributed by atoms with Crippen LogP contribution in [0.4, 0.5) is 0 Å². The van der Waals surface area contributed by atoms with Crippen LogP contribution in [0.3, 0.4) is 0 Å². The second kappa shape index (κ2) is 18.0. The molecule has 14 nitrogen and oxygen atoms in total. The molecule has 3 aromatic rings. The number of ether oxygens (including phenoxy) is 4. The Balaban J connectivity index is 1.28. The first-order chi connectivity index (χ1) is 27.4. The number of carboxylic acids is 1. The Morgan fingerprint density at radius 1 is 0.895 bits per heavy atom. The lowest BCUT2D eigenvalue weighted by molar-refractivity contribution is -0.302. The van der Waals surface area contributed by atoms with Gasteiger partial charge < -0.3 is 55.3 Å². The number of aliphatic carboxylic acids is 1. The van der Waals surface area contributed by atoms with Crippen molar-refractivity contribution in [3.8, 4) is 23.0 Å². The molecule has 8 N–H and O–H groups in total. The van der Waals surface area contributed by atoms with Crippen LogP contribution in [0.15, 0.2) is 78.9 Å². The normalized spacial score (nSPS) is 28.5. The number of carbonyl (C=O) groups excluding carboxylic acids is 2. The van der Waals surface area contributed by atoms with E-state index in [0.29, 0.717) is 24.0 Å². The molecule has 1 saturated carbocycles. The summed E-state index contributed by atoms with van der Waals surface area (Å²) >= 11 is 0. The Labute approximate surface area is 329 Å². The van der Waals surface area contributed by atoms with Gasteiger partial charge >= 0.3 is 5.97 Å². The fraction of sp³-hybridized carbons (Fsp3) is 0.419. The molecule has 8 atom stereocenters. The maximum atomic E-state index is 14.5. The number of fused-ring (bicyclic) bond motifs is 1. The molecule has 6 rings (SSSR count). The van der Waals surface area contributed by atoms with Gasteiger partial charge in [0.25, 0.3) is 0 Å². The lowest BCUT2D eigenvalue weighted by Gasteiger charge is -2.59. The number of hydrogen-bond donors (Lipinski definition) is 7. The molecule has 2 aliphatic heterocycles. The maximum Gasteiger partial charge on any atom is 0.336 e. The maximum absolute atomic E-state index is 14.5. The molecule has 0 unspecified atom stereocenters. The summed E-state index contributed by atoms with van der Waals surface area (Å²) in [4.78, 5) is 40.9. The molecular formula is C43H49NO13. The van der Waals surface area contributed by atoms with E-state index in [-0.39, 0.29) is 61.5 Å². The minimum absolute atomic E-state index is 0.0765. The van der Waals surface area contributed by atoms with Gasteiger partial charge in [-0.3, -0.25) is 9.59 Å². The zero-order valence-corrected chi connectivity index (χ0v) is 31.3. The van der Waals surface area contributed by atoms with Crippen molar-refractivity contribution in [2.24, 2.45) is 23.5 Å². The lowest BCUT2D eigenvalue weighted by Crippen LogP contribution is -2.72. The third-order valence-corrected chi connectivity index (χ3v) is 11.3. The van der Waals surface area contributed by atoms with E-state index in [1.54, 1.807) is 6.07 Å². The van der Waals surface area contributed by atoms with Crippen LogP contribution < -0.4 is 10.5 Å². The predicted molar refractivity (Wildman–Crippen MR) is 206 cm³/mol. The van der Waals surface area contributed by atoms with Gasteiger partial charge in [0.2, 0.25) is 0 Å². The minimum atomic E-state index is -2.17. The Kier molecular flexibility index (Phi) is 13.1. The highest BCUT2D eigenvalue weighted by Crippen LogP contribution is 2.53. The Morgan fingerprint density at radius 2 is 1.61 bits per heavy atom. The van der Waals surface area contributed by atoms with E-state index in [2.05, 4.69) is 0 Å². The molecule has 3 aliphatic rings.